The van der Waals surface area contributed by atoms with Gasteiger partial charge in [0.05, 0.1) is 5.75 Å². The lowest BCUT2D eigenvalue weighted by Crippen LogP contribution is -2.29. The Hall–Kier alpha value is -0.130. The Morgan fingerprint density at radius 2 is 1.85 bits per heavy atom. The van der Waals surface area contributed by atoms with Crippen LogP contribution in [0, 0.1) is 11.3 Å². The molecule has 0 aromatic rings. The van der Waals surface area contributed by atoms with Crippen molar-refractivity contribution in [3.05, 3.63) is 0 Å². The molecule has 0 saturated heterocycles. The van der Waals surface area contributed by atoms with Crippen LogP contribution in [0.5, 0.6) is 0 Å². The Morgan fingerprint density at radius 1 is 1.38 bits per heavy atom. The van der Waals surface area contributed by atoms with Crippen molar-refractivity contribution in [2.24, 2.45) is 17.1 Å². The second-order valence-electron chi connectivity index (χ2n) is 4.37. The van der Waals surface area contributed by atoms with E-state index in [-0.39, 0.29) is 17.1 Å². The molecule has 0 fully saturated rings. The summed E-state index contributed by atoms with van der Waals surface area (Å²) < 4.78 is 29.5. The van der Waals surface area contributed by atoms with Crippen molar-refractivity contribution in [1.29, 1.82) is 0 Å². The lowest BCUT2D eigenvalue weighted by molar-refractivity contribution is 0.240. The summed E-state index contributed by atoms with van der Waals surface area (Å²) in [5, 5.41) is 0. The highest BCUT2D eigenvalue weighted by Gasteiger charge is 2.24. The normalized spacial score (nSPS) is 15.8. The maximum absolute atomic E-state index is 10.5. The van der Waals surface area contributed by atoms with E-state index in [4.69, 9.17) is 10.3 Å². The molecular formula is C8H19NO3S. The summed E-state index contributed by atoms with van der Waals surface area (Å²) >= 11 is 0. The van der Waals surface area contributed by atoms with Crippen LogP contribution in [-0.2, 0) is 10.1 Å². The maximum atomic E-state index is 10.5. The predicted molar refractivity (Wildman–Crippen MR) is 53.0 cm³/mol. The van der Waals surface area contributed by atoms with Crippen molar-refractivity contribution in [1.82, 2.24) is 0 Å². The minimum absolute atomic E-state index is 0.0144. The smallest absolute Gasteiger partial charge is 0.264 e. The van der Waals surface area contributed by atoms with Crippen molar-refractivity contribution in [3.8, 4) is 0 Å². The third kappa shape index (κ3) is 6.01. The molecule has 0 aliphatic heterocycles. The standard InChI is InChI=1S/C8H19NO3S/c1-8(2,3)7(6-9)4-5-13(10,11)12/h7H,4-6,9H2,1-3H3,(H,10,11,12). The first-order chi connectivity index (χ1) is 5.67. The van der Waals surface area contributed by atoms with Gasteiger partial charge in [-0.25, -0.2) is 0 Å². The largest absolute Gasteiger partial charge is 0.330 e. The van der Waals surface area contributed by atoms with Gasteiger partial charge in [-0.1, -0.05) is 20.8 Å². The molecule has 5 heteroatoms. The SMILES string of the molecule is CC(C)(C)C(CN)CCS(=O)(=O)O. The van der Waals surface area contributed by atoms with Crippen LogP contribution in [0.3, 0.4) is 0 Å². The second kappa shape index (κ2) is 4.39. The first kappa shape index (κ1) is 12.9. The first-order valence-electron chi connectivity index (χ1n) is 4.32. The van der Waals surface area contributed by atoms with Crippen molar-refractivity contribution < 1.29 is 13.0 Å². The van der Waals surface area contributed by atoms with E-state index in [9.17, 15) is 8.42 Å². The average molecular weight is 209 g/mol. The first-order valence-corrected chi connectivity index (χ1v) is 5.93. The lowest BCUT2D eigenvalue weighted by Gasteiger charge is -2.29. The molecule has 0 amide bonds. The summed E-state index contributed by atoms with van der Waals surface area (Å²) in [6, 6.07) is 0. The molecule has 0 aromatic heterocycles. The van der Waals surface area contributed by atoms with Gasteiger partial charge in [0, 0.05) is 0 Å². The van der Waals surface area contributed by atoms with Gasteiger partial charge in [-0.05, 0) is 24.3 Å². The van der Waals surface area contributed by atoms with E-state index in [1.165, 1.54) is 0 Å². The summed E-state index contributed by atoms with van der Waals surface area (Å²) in [7, 11) is -3.85. The van der Waals surface area contributed by atoms with Gasteiger partial charge < -0.3 is 5.73 Å². The number of rotatable bonds is 4. The molecule has 3 N–H and O–H groups in total. The van der Waals surface area contributed by atoms with Crippen molar-refractivity contribution in [2.75, 3.05) is 12.3 Å². The quantitative estimate of drug-likeness (QED) is 0.674. The fraction of sp³-hybridized carbons (Fsp3) is 1.00. The fourth-order valence-electron chi connectivity index (χ4n) is 1.20. The van der Waals surface area contributed by atoms with Crippen LogP contribution in [0.1, 0.15) is 27.2 Å². The monoisotopic (exact) mass is 209 g/mol. The molecule has 80 valence electrons. The van der Waals surface area contributed by atoms with Gasteiger partial charge in [-0.3, -0.25) is 4.55 Å². The van der Waals surface area contributed by atoms with Gasteiger partial charge in [-0.2, -0.15) is 8.42 Å². The molecule has 0 heterocycles. The zero-order chi connectivity index (χ0) is 10.7. The van der Waals surface area contributed by atoms with E-state index in [0.29, 0.717) is 13.0 Å². The Balaban J connectivity index is 4.17. The molecule has 0 saturated carbocycles. The number of hydrogen-bond acceptors (Lipinski definition) is 3. The van der Waals surface area contributed by atoms with E-state index >= 15 is 0 Å². The summed E-state index contributed by atoms with van der Waals surface area (Å²) in [6.45, 7) is 6.47. The molecule has 0 aliphatic rings. The molecule has 13 heavy (non-hydrogen) atoms. The molecule has 0 radical (unpaired) electrons. The van der Waals surface area contributed by atoms with Gasteiger partial charge in [0.15, 0.2) is 0 Å². The van der Waals surface area contributed by atoms with Gasteiger partial charge in [0.2, 0.25) is 0 Å². The molecule has 1 atom stereocenters. The van der Waals surface area contributed by atoms with E-state index in [1.54, 1.807) is 0 Å². The molecule has 1 unspecified atom stereocenters. The summed E-state index contributed by atoms with van der Waals surface area (Å²) in [5.74, 6) is -0.0824. The Bertz CT molecular complexity index is 241. The highest BCUT2D eigenvalue weighted by Crippen LogP contribution is 2.27. The van der Waals surface area contributed by atoms with Gasteiger partial charge in [0.1, 0.15) is 0 Å². The van der Waals surface area contributed by atoms with Gasteiger partial charge in [0.25, 0.3) is 10.1 Å². The van der Waals surface area contributed by atoms with Crippen LogP contribution in [0.4, 0.5) is 0 Å². The van der Waals surface area contributed by atoms with Gasteiger partial charge >= 0.3 is 0 Å². The lowest BCUT2D eigenvalue weighted by atomic mass is 9.79. The van der Waals surface area contributed by atoms with Crippen molar-refractivity contribution in [2.45, 2.75) is 27.2 Å². The summed E-state index contributed by atoms with van der Waals surface area (Å²) in [4.78, 5) is 0. The Morgan fingerprint density at radius 3 is 2.08 bits per heavy atom. The van der Waals surface area contributed by atoms with Crippen LogP contribution < -0.4 is 5.73 Å². The van der Waals surface area contributed by atoms with Crippen LogP contribution in [0.2, 0.25) is 0 Å². The van der Waals surface area contributed by atoms with Crippen LogP contribution in [-0.4, -0.2) is 25.3 Å². The molecule has 0 rings (SSSR count). The molecule has 4 nitrogen and oxygen atoms in total. The highest BCUT2D eigenvalue weighted by atomic mass is 32.2. The van der Waals surface area contributed by atoms with E-state index < -0.39 is 10.1 Å². The average Bonchev–Trinajstić information content (AvgIpc) is 1.82. The molecule has 0 aliphatic carbocycles. The Labute approximate surface area is 80.3 Å². The van der Waals surface area contributed by atoms with Crippen molar-refractivity contribution >= 4 is 10.1 Å². The van der Waals surface area contributed by atoms with E-state index in [1.807, 2.05) is 20.8 Å². The van der Waals surface area contributed by atoms with E-state index in [2.05, 4.69) is 0 Å². The molecule has 0 bridgehead atoms. The summed E-state index contributed by atoms with van der Waals surface area (Å²) in [6.07, 6.45) is 0.416. The zero-order valence-corrected chi connectivity index (χ0v) is 9.26. The van der Waals surface area contributed by atoms with Crippen LogP contribution in [0.15, 0.2) is 0 Å². The molecule has 0 aromatic carbocycles. The fourth-order valence-corrected chi connectivity index (χ4v) is 1.78. The summed E-state index contributed by atoms with van der Waals surface area (Å²) in [5.41, 5.74) is 5.50. The third-order valence-corrected chi connectivity index (χ3v) is 2.99. The predicted octanol–water partition coefficient (Wildman–Crippen LogP) is 0.885. The second-order valence-corrected chi connectivity index (χ2v) is 5.95. The molecular weight excluding hydrogens is 190 g/mol. The highest BCUT2D eigenvalue weighted by molar-refractivity contribution is 7.85. The van der Waals surface area contributed by atoms with Crippen LogP contribution >= 0.6 is 0 Å². The maximum Gasteiger partial charge on any atom is 0.264 e. The third-order valence-electron chi connectivity index (χ3n) is 2.23. The van der Waals surface area contributed by atoms with E-state index in [0.717, 1.165) is 0 Å². The minimum Gasteiger partial charge on any atom is -0.330 e. The topological polar surface area (TPSA) is 80.4 Å². The van der Waals surface area contributed by atoms with Gasteiger partial charge in [-0.15, -0.1) is 0 Å². The number of nitrogens with two attached hydrogens (primary N) is 1. The zero-order valence-electron chi connectivity index (χ0n) is 8.45. The van der Waals surface area contributed by atoms with Crippen LogP contribution in [0.25, 0.3) is 0 Å². The molecule has 0 spiro atoms. The number of hydrogen-bond donors (Lipinski definition) is 2. The minimum atomic E-state index is -3.85. The Kier molecular flexibility index (Phi) is 4.35. The van der Waals surface area contributed by atoms with Crippen molar-refractivity contribution in [3.63, 3.8) is 0 Å².